The molecule has 0 radical (unpaired) electrons. The molecule has 1 aromatic carbocycles. The highest BCUT2D eigenvalue weighted by molar-refractivity contribution is 5.39. The third-order valence-corrected chi connectivity index (χ3v) is 3.01. The van der Waals surface area contributed by atoms with E-state index in [-0.39, 0.29) is 18.1 Å². The Bertz CT molecular complexity index is 560. The first-order valence-corrected chi connectivity index (χ1v) is 5.80. The van der Waals surface area contributed by atoms with E-state index in [1.807, 2.05) is 0 Å². The van der Waals surface area contributed by atoms with Gasteiger partial charge in [0.05, 0.1) is 11.1 Å². The Hall–Kier alpha value is -1.72. The van der Waals surface area contributed by atoms with Gasteiger partial charge in [-0.3, -0.25) is 0 Å². The molecule has 0 aromatic heterocycles. The van der Waals surface area contributed by atoms with E-state index in [1.54, 1.807) is 18.2 Å². The van der Waals surface area contributed by atoms with Crippen LogP contribution < -0.4 is 0 Å². The summed E-state index contributed by atoms with van der Waals surface area (Å²) in [5, 5.41) is 0. The molecule has 0 saturated carbocycles. The first-order valence-electron chi connectivity index (χ1n) is 5.80. The third kappa shape index (κ3) is 3.23. The van der Waals surface area contributed by atoms with Gasteiger partial charge >= 0.3 is 12.4 Å². The van der Waals surface area contributed by atoms with Crippen LogP contribution in [0.1, 0.15) is 23.1 Å². The highest BCUT2D eigenvalue weighted by Gasteiger charge is 2.38. The molecule has 1 aromatic rings. The summed E-state index contributed by atoms with van der Waals surface area (Å²) in [6.07, 6.45) is -3.88. The van der Waals surface area contributed by atoms with Gasteiger partial charge in [0.25, 0.3) is 0 Å². The first-order chi connectivity index (χ1) is 9.18. The smallest absolute Gasteiger partial charge is 0.166 e. The van der Waals surface area contributed by atoms with Crippen molar-refractivity contribution in [2.45, 2.75) is 25.2 Å². The monoisotopic (exact) mass is 292 g/mol. The van der Waals surface area contributed by atoms with Gasteiger partial charge in [-0.05, 0) is 30.5 Å². The largest absolute Gasteiger partial charge is 0.416 e. The molecule has 2 rings (SSSR count). The Balaban J connectivity index is 2.41. The van der Waals surface area contributed by atoms with E-state index in [0.717, 1.165) is 11.6 Å². The Kier molecular flexibility index (Phi) is 3.67. The van der Waals surface area contributed by atoms with Crippen LogP contribution in [0.5, 0.6) is 0 Å². The lowest BCUT2D eigenvalue weighted by molar-refractivity contribution is -0.143. The lowest BCUT2D eigenvalue weighted by atomic mass is 9.96. The van der Waals surface area contributed by atoms with Crippen LogP contribution in [-0.4, -0.2) is 0 Å². The molecule has 6 heteroatoms. The molecule has 20 heavy (non-hydrogen) atoms. The topological polar surface area (TPSA) is 0 Å². The summed E-state index contributed by atoms with van der Waals surface area (Å²) in [4.78, 5) is 0. The van der Waals surface area contributed by atoms with Crippen molar-refractivity contribution in [3.63, 3.8) is 0 Å². The predicted octanol–water partition coefficient (Wildman–Crippen LogP) is 5.15. The highest BCUT2D eigenvalue weighted by atomic mass is 19.4. The minimum atomic E-state index is -4.80. The van der Waals surface area contributed by atoms with Gasteiger partial charge in [0.15, 0.2) is 0 Å². The van der Waals surface area contributed by atoms with Crippen LogP contribution in [0.15, 0.2) is 42.0 Å². The van der Waals surface area contributed by atoms with Crippen molar-refractivity contribution in [2.24, 2.45) is 0 Å². The maximum absolute atomic E-state index is 12.9. The van der Waals surface area contributed by atoms with Crippen LogP contribution in [0.25, 0.3) is 0 Å². The van der Waals surface area contributed by atoms with E-state index < -0.39 is 23.5 Å². The fourth-order valence-electron chi connectivity index (χ4n) is 2.04. The van der Waals surface area contributed by atoms with E-state index in [9.17, 15) is 26.3 Å². The minimum Gasteiger partial charge on any atom is -0.166 e. The van der Waals surface area contributed by atoms with Gasteiger partial charge in [0.2, 0.25) is 0 Å². The fraction of sp³-hybridized carbons (Fsp3) is 0.286. The normalized spacial score (nSPS) is 15.6. The van der Waals surface area contributed by atoms with Gasteiger partial charge in [-0.2, -0.15) is 26.3 Å². The Labute approximate surface area is 111 Å². The van der Waals surface area contributed by atoms with E-state index in [0.29, 0.717) is 12.5 Å². The van der Waals surface area contributed by atoms with E-state index in [2.05, 4.69) is 0 Å². The maximum atomic E-state index is 12.9. The predicted molar refractivity (Wildman–Crippen MR) is 62.0 cm³/mol. The van der Waals surface area contributed by atoms with Gasteiger partial charge in [-0.1, -0.05) is 29.9 Å². The van der Waals surface area contributed by atoms with E-state index in [4.69, 9.17) is 0 Å². The van der Waals surface area contributed by atoms with Crippen LogP contribution in [0, 0.1) is 0 Å². The molecule has 0 heterocycles. The first kappa shape index (κ1) is 14.7. The summed E-state index contributed by atoms with van der Waals surface area (Å²) >= 11 is 0. The number of benzene rings is 1. The highest BCUT2D eigenvalue weighted by Crippen LogP contribution is 2.38. The molecule has 0 atom stereocenters. The second kappa shape index (κ2) is 5.00. The average molecular weight is 292 g/mol. The summed E-state index contributed by atoms with van der Waals surface area (Å²) < 4.78 is 76.2. The minimum absolute atomic E-state index is 0.0000194. The fourth-order valence-corrected chi connectivity index (χ4v) is 2.04. The molecule has 1 aliphatic rings. The lowest BCUT2D eigenvalue weighted by Gasteiger charge is -2.16. The Morgan fingerprint density at radius 2 is 1.65 bits per heavy atom. The number of hydrogen-bond donors (Lipinski definition) is 0. The van der Waals surface area contributed by atoms with Gasteiger partial charge in [0.1, 0.15) is 0 Å². The van der Waals surface area contributed by atoms with Crippen LogP contribution in [0.4, 0.5) is 26.3 Å². The van der Waals surface area contributed by atoms with Crippen LogP contribution in [-0.2, 0) is 18.8 Å². The van der Waals surface area contributed by atoms with Crippen molar-refractivity contribution in [3.05, 3.63) is 58.7 Å². The molecule has 0 amide bonds. The zero-order chi connectivity index (χ0) is 15.0. The van der Waals surface area contributed by atoms with E-state index in [1.165, 1.54) is 0 Å². The SMILES string of the molecule is FC(F)(F)c1ccc(CC2=CC=CC2)c(C(F)(F)F)c1. The molecule has 0 aliphatic heterocycles. The molecule has 0 bridgehead atoms. The Morgan fingerprint density at radius 3 is 2.15 bits per heavy atom. The molecule has 0 nitrogen and oxygen atoms in total. The zero-order valence-corrected chi connectivity index (χ0v) is 10.1. The number of halogens is 6. The van der Waals surface area contributed by atoms with Gasteiger partial charge in [0, 0.05) is 0 Å². The van der Waals surface area contributed by atoms with Gasteiger partial charge in [-0.25, -0.2) is 0 Å². The molecular formula is C14H10F6. The lowest BCUT2D eigenvalue weighted by Crippen LogP contribution is -2.13. The van der Waals surface area contributed by atoms with Gasteiger partial charge < -0.3 is 0 Å². The van der Waals surface area contributed by atoms with Crippen LogP contribution in [0.2, 0.25) is 0 Å². The van der Waals surface area contributed by atoms with Crippen molar-refractivity contribution in [1.82, 2.24) is 0 Å². The third-order valence-electron chi connectivity index (χ3n) is 3.01. The molecular weight excluding hydrogens is 282 g/mol. The molecule has 0 fully saturated rings. The van der Waals surface area contributed by atoms with Crippen molar-refractivity contribution in [1.29, 1.82) is 0 Å². The van der Waals surface area contributed by atoms with Crippen LogP contribution in [0.3, 0.4) is 0 Å². The Morgan fingerprint density at radius 1 is 0.950 bits per heavy atom. The molecule has 0 spiro atoms. The molecule has 0 saturated heterocycles. The number of alkyl halides is 6. The molecule has 1 aliphatic carbocycles. The van der Waals surface area contributed by atoms with Crippen LogP contribution >= 0.6 is 0 Å². The number of rotatable bonds is 2. The maximum Gasteiger partial charge on any atom is 0.416 e. The molecule has 0 unspecified atom stereocenters. The summed E-state index contributed by atoms with van der Waals surface area (Å²) in [7, 11) is 0. The van der Waals surface area contributed by atoms with Crippen molar-refractivity contribution in [2.75, 3.05) is 0 Å². The average Bonchev–Trinajstić information content (AvgIpc) is 2.79. The summed E-state index contributed by atoms with van der Waals surface area (Å²) in [5.41, 5.74) is -1.90. The summed E-state index contributed by atoms with van der Waals surface area (Å²) in [6, 6.07) is 1.77. The zero-order valence-electron chi connectivity index (χ0n) is 10.1. The van der Waals surface area contributed by atoms with Gasteiger partial charge in [-0.15, -0.1) is 0 Å². The van der Waals surface area contributed by atoms with Crippen molar-refractivity contribution >= 4 is 0 Å². The van der Waals surface area contributed by atoms with Crippen molar-refractivity contribution < 1.29 is 26.3 Å². The summed E-state index contributed by atoms with van der Waals surface area (Å²) in [5.74, 6) is 0. The second-order valence-corrected chi connectivity index (χ2v) is 4.50. The molecule has 108 valence electrons. The standard InChI is InChI=1S/C14H10F6/c15-13(16,17)11-6-5-10(7-9-3-1-2-4-9)12(8-11)14(18,19)20/h1-3,5-6,8H,4,7H2. The number of allylic oxidation sites excluding steroid dienone is 4. The second-order valence-electron chi connectivity index (χ2n) is 4.50. The summed E-state index contributed by atoms with van der Waals surface area (Å²) in [6.45, 7) is 0. The number of hydrogen-bond acceptors (Lipinski definition) is 0. The van der Waals surface area contributed by atoms with Crippen molar-refractivity contribution in [3.8, 4) is 0 Å². The molecule has 0 N–H and O–H groups in total. The quantitative estimate of drug-likeness (QED) is 0.661. The van der Waals surface area contributed by atoms with E-state index >= 15 is 0 Å².